The minimum atomic E-state index is -4.99. The largest absolute Gasteiger partial charge is 0.470 e. The van der Waals surface area contributed by atoms with Gasteiger partial charge in [0.1, 0.15) is 0 Å². The highest BCUT2D eigenvalue weighted by atomic mass is 31.2. The molecule has 0 aliphatic rings. The quantitative estimate of drug-likeness (QED) is 0.138. The molecule has 0 bridgehead atoms. The molecule has 0 fully saturated rings. The molecule has 0 saturated heterocycles. The number of esters is 2. The van der Waals surface area contributed by atoms with Crippen LogP contribution >= 0.6 is 7.82 Å². The summed E-state index contributed by atoms with van der Waals surface area (Å²) in [5.74, 6) is -2.08. The number of rotatable bonds is 15. The highest BCUT2D eigenvalue weighted by Crippen LogP contribution is 2.39. The number of phosphoric acid groups is 1. The smallest absolute Gasteiger partial charge is 0.466 e. The first-order chi connectivity index (χ1) is 20.5. The van der Waals surface area contributed by atoms with Gasteiger partial charge in [-0.1, -0.05) is 58.4 Å². The summed E-state index contributed by atoms with van der Waals surface area (Å²) >= 11 is 0. The number of nitrogens with one attached hydrogen (secondary N) is 2. The van der Waals surface area contributed by atoms with Crippen LogP contribution < -0.4 is 15.5 Å². The summed E-state index contributed by atoms with van der Waals surface area (Å²) in [5.41, 5.74) is 3.50. The van der Waals surface area contributed by atoms with Crippen molar-refractivity contribution in [2.45, 2.75) is 73.0 Å². The van der Waals surface area contributed by atoms with Crippen LogP contribution in [0.2, 0.25) is 0 Å². The fraction of sp³-hybridized carbons (Fsp3) is 0.516. The van der Waals surface area contributed by atoms with Crippen LogP contribution in [0.25, 0.3) is 0 Å². The van der Waals surface area contributed by atoms with Crippen LogP contribution in [0.4, 0.5) is 21.9 Å². The molecule has 4 N–H and O–H groups in total. The van der Waals surface area contributed by atoms with Gasteiger partial charge in [-0.2, -0.15) is 0 Å². The third-order valence-corrected chi connectivity index (χ3v) is 7.22. The monoisotopic (exact) mass is 635 g/mol. The molecule has 12 nitrogen and oxygen atoms in total. The van der Waals surface area contributed by atoms with Crippen molar-refractivity contribution >= 4 is 42.9 Å². The molecule has 2 rings (SSSR count). The van der Waals surface area contributed by atoms with Crippen molar-refractivity contribution in [2.24, 2.45) is 11.8 Å². The summed E-state index contributed by atoms with van der Waals surface area (Å²) in [6, 6.07) is 12.3. The highest BCUT2D eigenvalue weighted by Gasteiger charge is 2.36. The molecule has 3 atom stereocenters. The lowest BCUT2D eigenvalue weighted by atomic mass is 9.89. The topological polar surface area (TPSA) is 164 Å². The van der Waals surface area contributed by atoms with E-state index in [2.05, 4.69) is 47.8 Å². The van der Waals surface area contributed by atoms with Gasteiger partial charge in [-0.15, -0.1) is 0 Å². The zero-order chi connectivity index (χ0) is 33.2. The second-order valence-corrected chi connectivity index (χ2v) is 12.7. The zero-order valence-electron chi connectivity index (χ0n) is 26.7. The summed E-state index contributed by atoms with van der Waals surface area (Å²) in [4.78, 5) is 59.1. The van der Waals surface area contributed by atoms with Crippen LogP contribution in [0.1, 0.15) is 65.0 Å². The lowest BCUT2D eigenvalue weighted by Gasteiger charge is -2.32. The van der Waals surface area contributed by atoms with Crippen LogP contribution in [0.5, 0.6) is 0 Å². The van der Waals surface area contributed by atoms with E-state index in [0.29, 0.717) is 35.2 Å². The molecule has 244 valence electrons. The second kappa shape index (κ2) is 16.6. The van der Waals surface area contributed by atoms with Gasteiger partial charge in [0.05, 0.1) is 18.5 Å². The Kier molecular flexibility index (Phi) is 13.8. The van der Waals surface area contributed by atoms with Crippen LogP contribution in [-0.4, -0.2) is 60.2 Å². The molecule has 2 aromatic rings. The zero-order valence-corrected chi connectivity index (χ0v) is 27.6. The molecule has 13 heteroatoms. The molecule has 0 saturated carbocycles. The molecule has 0 aliphatic heterocycles. The van der Waals surface area contributed by atoms with Crippen LogP contribution in [0, 0.1) is 18.8 Å². The van der Waals surface area contributed by atoms with E-state index < -0.39 is 43.9 Å². The minimum absolute atomic E-state index is 0.316. The Morgan fingerprint density at radius 2 is 1.50 bits per heavy atom. The fourth-order valence-electron chi connectivity index (χ4n) is 4.74. The van der Waals surface area contributed by atoms with Gasteiger partial charge in [0.15, 0.2) is 6.10 Å². The molecule has 0 radical (unpaired) electrons. The van der Waals surface area contributed by atoms with Crippen molar-refractivity contribution in [2.75, 3.05) is 35.7 Å². The number of benzene rings is 2. The van der Waals surface area contributed by atoms with Crippen molar-refractivity contribution in [3.05, 3.63) is 53.6 Å². The number of hydrogen-bond acceptors (Lipinski definition) is 8. The Labute approximate surface area is 259 Å². The third kappa shape index (κ3) is 11.6. The van der Waals surface area contributed by atoms with E-state index in [1.54, 1.807) is 31.2 Å². The average molecular weight is 636 g/mol. The first-order valence-corrected chi connectivity index (χ1v) is 16.1. The number of ether oxygens (including phenoxy) is 2. The summed E-state index contributed by atoms with van der Waals surface area (Å²) in [6.45, 7) is 14.7. The van der Waals surface area contributed by atoms with Gasteiger partial charge in [-0.25, -0.2) is 18.9 Å². The number of hydrogen-bond donors (Lipinski definition) is 4. The normalized spacial score (nSPS) is 13.6. The van der Waals surface area contributed by atoms with Crippen molar-refractivity contribution in [1.82, 2.24) is 0 Å². The average Bonchev–Trinajstić information content (AvgIpc) is 2.92. The number of phosphoric ester groups is 1. The summed E-state index contributed by atoms with van der Waals surface area (Å²) in [6.07, 6.45) is -2.79. The second-order valence-electron chi connectivity index (χ2n) is 11.5. The van der Waals surface area contributed by atoms with E-state index in [-0.39, 0.29) is 0 Å². The van der Waals surface area contributed by atoms with Crippen LogP contribution in [0.3, 0.4) is 0 Å². The van der Waals surface area contributed by atoms with Gasteiger partial charge in [0, 0.05) is 24.7 Å². The molecule has 0 unspecified atom stereocenters. The maximum Gasteiger partial charge on any atom is 0.470 e. The van der Waals surface area contributed by atoms with E-state index in [1.807, 2.05) is 25.1 Å². The molecule has 0 spiro atoms. The fourth-order valence-corrected chi connectivity index (χ4v) is 5.24. The first kappa shape index (κ1) is 36.8. The Morgan fingerprint density at radius 1 is 0.909 bits per heavy atom. The van der Waals surface area contributed by atoms with Gasteiger partial charge >= 0.3 is 25.8 Å². The Bertz CT molecular complexity index is 1300. The molecule has 0 aliphatic carbocycles. The van der Waals surface area contributed by atoms with Gasteiger partial charge in [0.2, 0.25) is 6.10 Å². The molecular weight excluding hydrogens is 589 g/mol. The van der Waals surface area contributed by atoms with Gasteiger partial charge in [-0.05, 0) is 61.9 Å². The molecule has 2 amide bonds. The van der Waals surface area contributed by atoms with Crippen molar-refractivity contribution in [3.8, 4) is 0 Å². The van der Waals surface area contributed by atoms with Crippen molar-refractivity contribution in [1.29, 1.82) is 0 Å². The minimum Gasteiger partial charge on any atom is -0.466 e. The Balaban J connectivity index is 2.55. The SMILES string of the molecule is CC[C@@H](c1ccc(N(CC(C)C)CC(C)C)c(NC(=O)Nc2ccc(C)cc2)c1)[C@H](OC(=O)[C@H](C)OP(=O)(O)O)C(=O)OC. The molecule has 44 heavy (non-hydrogen) atoms. The number of aryl methyl sites for hydroxylation is 1. The summed E-state index contributed by atoms with van der Waals surface area (Å²) < 4.78 is 26.0. The maximum atomic E-state index is 13.2. The lowest BCUT2D eigenvalue weighted by Crippen LogP contribution is -2.37. The number of methoxy groups -OCH3 is 1. The van der Waals surface area contributed by atoms with Crippen molar-refractivity contribution in [3.63, 3.8) is 0 Å². The van der Waals surface area contributed by atoms with E-state index in [1.165, 1.54) is 0 Å². The molecule has 2 aromatic carbocycles. The summed E-state index contributed by atoms with van der Waals surface area (Å²) in [5, 5.41) is 5.81. The Morgan fingerprint density at radius 3 is 2.00 bits per heavy atom. The van der Waals surface area contributed by atoms with Gasteiger partial charge in [-0.3, -0.25) is 4.52 Å². The summed E-state index contributed by atoms with van der Waals surface area (Å²) in [7, 11) is -3.84. The van der Waals surface area contributed by atoms with Crippen molar-refractivity contribution < 1.29 is 42.7 Å². The first-order valence-electron chi connectivity index (χ1n) is 14.6. The highest BCUT2D eigenvalue weighted by molar-refractivity contribution is 7.46. The maximum absolute atomic E-state index is 13.2. The molecular formula is C31H46N3O9P. The number of carbonyl (C=O) groups is 3. The number of anilines is 3. The Hall–Kier alpha value is -3.44. The predicted molar refractivity (Wildman–Crippen MR) is 170 cm³/mol. The van der Waals surface area contributed by atoms with E-state index in [4.69, 9.17) is 19.3 Å². The molecule has 0 aromatic heterocycles. The number of urea groups is 1. The predicted octanol–water partition coefficient (Wildman–Crippen LogP) is 5.83. The van der Waals surface area contributed by atoms with E-state index >= 15 is 0 Å². The van der Waals surface area contributed by atoms with E-state index in [9.17, 15) is 18.9 Å². The van der Waals surface area contributed by atoms with Crippen LogP contribution in [0.15, 0.2) is 42.5 Å². The number of nitrogens with zero attached hydrogens (tertiary/aromatic N) is 1. The van der Waals surface area contributed by atoms with Crippen LogP contribution in [-0.2, 0) is 28.2 Å². The number of carbonyl (C=O) groups excluding carboxylic acids is 3. The standard InChI is InChI=1S/C31H46N3O9P/c1-9-25(28(30(36)41-8)42-29(35)22(7)43-44(38,39)40)23-12-15-27(34(17-19(2)3)18-20(4)5)26(16-23)33-31(37)32-24-13-10-21(6)11-14-24/h10-16,19-20,22,25,28H,9,17-18H2,1-8H3,(H2,32,33,37)(H2,38,39,40)/t22-,25-,28-/m0/s1. The lowest BCUT2D eigenvalue weighted by molar-refractivity contribution is -0.172. The third-order valence-electron chi connectivity index (χ3n) is 6.63. The number of amides is 2. The van der Waals surface area contributed by atoms with E-state index in [0.717, 1.165) is 38.4 Å². The van der Waals surface area contributed by atoms with Gasteiger partial charge in [0.25, 0.3) is 0 Å². The van der Waals surface area contributed by atoms with Gasteiger partial charge < -0.3 is 34.8 Å². The molecule has 0 heterocycles.